The Kier molecular flexibility index (Phi) is 10.5. The topological polar surface area (TPSA) is 138 Å². The van der Waals surface area contributed by atoms with Gasteiger partial charge in [0.25, 0.3) is 0 Å². The molecule has 0 unspecified atom stereocenters. The van der Waals surface area contributed by atoms with Gasteiger partial charge in [-0.2, -0.15) is 0 Å². The fourth-order valence-electron chi connectivity index (χ4n) is 3.23. The summed E-state index contributed by atoms with van der Waals surface area (Å²) >= 11 is 17.5. The number of hydrogen-bond donors (Lipinski definition) is 2. The molecule has 0 radical (unpaired) electrons. The predicted molar refractivity (Wildman–Crippen MR) is 128 cm³/mol. The first-order valence-electron chi connectivity index (χ1n) is 10.2. The second kappa shape index (κ2) is 12.9. The van der Waals surface area contributed by atoms with Gasteiger partial charge < -0.3 is 34.3 Å². The van der Waals surface area contributed by atoms with E-state index in [0.29, 0.717) is 5.69 Å². The molecule has 14 heteroatoms. The van der Waals surface area contributed by atoms with Crippen LogP contribution in [-0.4, -0.2) is 66.2 Å². The van der Waals surface area contributed by atoms with E-state index in [1.165, 1.54) is 6.92 Å². The van der Waals surface area contributed by atoms with E-state index in [4.69, 9.17) is 59.1 Å². The predicted octanol–water partition coefficient (Wildman–Crippen LogP) is 2.36. The molecular formula is C21H24Cl2N2O9S. The van der Waals surface area contributed by atoms with E-state index in [1.807, 2.05) is 0 Å². The second-order valence-electron chi connectivity index (χ2n) is 7.32. The van der Waals surface area contributed by atoms with Crippen LogP contribution in [0.5, 0.6) is 0 Å². The molecule has 5 atom stereocenters. The summed E-state index contributed by atoms with van der Waals surface area (Å²) in [6.07, 6.45) is -6.27. The van der Waals surface area contributed by atoms with Crippen molar-refractivity contribution in [2.45, 2.75) is 58.3 Å². The van der Waals surface area contributed by atoms with Crippen LogP contribution in [0, 0.1) is 0 Å². The van der Waals surface area contributed by atoms with Crippen molar-refractivity contribution in [3.05, 3.63) is 28.2 Å². The van der Waals surface area contributed by atoms with Crippen molar-refractivity contribution in [2.75, 3.05) is 11.9 Å². The van der Waals surface area contributed by atoms with Crippen molar-refractivity contribution in [3.8, 4) is 0 Å². The van der Waals surface area contributed by atoms with Gasteiger partial charge in [0.15, 0.2) is 29.7 Å². The normalized spacial score (nSPS) is 23.4. The fraction of sp³-hybridized carbons (Fsp3) is 0.476. The van der Waals surface area contributed by atoms with E-state index in [2.05, 4.69) is 10.6 Å². The average molecular weight is 551 g/mol. The van der Waals surface area contributed by atoms with Crippen LogP contribution in [0.1, 0.15) is 27.7 Å². The summed E-state index contributed by atoms with van der Waals surface area (Å²) in [6, 6.07) is 4.86. The molecule has 192 valence electrons. The molecule has 0 saturated carbocycles. The maximum atomic E-state index is 11.9. The van der Waals surface area contributed by atoms with Gasteiger partial charge in [0.2, 0.25) is 0 Å². The maximum absolute atomic E-state index is 11.9. The molecular weight excluding hydrogens is 527 g/mol. The van der Waals surface area contributed by atoms with Crippen LogP contribution >= 0.6 is 35.4 Å². The minimum atomic E-state index is -1.33. The monoisotopic (exact) mass is 550 g/mol. The van der Waals surface area contributed by atoms with E-state index < -0.39 is 54.5 Å². The molecule has 0 aliphatic carbocycles. The number of ether oxygens (including phenoxy) is 5. The number of anilines is 1. The lowest BCUT2D eigenvalue weighted by Crippen LogP contribution is -2.66. The Hall–Kier alpha value is -2.67. The Labute approximate surface area is 216 Å². The highest BCUT2D eigenvalue weighted by Gasteiger charge is 2.52. The Bertz CT molecular complexity index is 994. The third-order valence-electron chi connectivity index (χ3n) is 4.46. The maximum Gasteiger partial charge on any atom is 0.303 e. The number of carbonyl (C=O) groups excluding carboxylic acids is 4. The minimum absolute atomic E-state index is 0.0185. The van der Waals surface area contributed by atoms with Crippen molar-refractivity contribution < 1.29 is 42.9 Å². The first-order chi connectivity index (χ1) is 16.4. The van der Waals surface area contributed by atoms with Crippen molar-refractivity contribution in [3.63, 3.8) is 0 Å². The number of benzene rings is 1. The molecule has 35 heavy (non-hydrogen) atoms. The van der Waals surface area contributed by atoms with E-state index in [9.17, 15) is 19.2 Å². The van der Waals surface area contributed by atoms with E-state index >= 15 is 0 Å². The van der Waals surface area contributed by atoms with Crippen molar-refractivity contribution in [1.82, 2.24) is 5.32 Å². The van der Waals surface area contributed by atoms with Crippen LogP contribution in [0.3, 0.4) is 0 Å². The molecule has 0 bridgehead atoms. The van der Waals surface area contributed by atoms with E-state index in [-0.39, 0.29) is 21.8 Å². The lowest BCUT2D eigenvalue weighted by atomic mass is 9.97. The van der Waals surface area contributed by atoms with Crippen LogP contribution in [0.2, 0.25) is 10.0 Å². The number of hydrogen-bond acceptors (Lipinski definition) is 10. The van der Waals surface area contributed by atoms with Gasteiger partial charge >= 0.3 is 23.9 Å². The quantitative estimate of drug-likeness (QED) is 0.292. The Balaban J connectivity index is 2.38. The largest absolute Gasteiger partial charge is 0.463 e. The van der Waals surface area contributed by atoms with E-state index in [1.54, 1.807) is 18.2 Å². The van der Waals surface area contributed by atoms with Crippen LogP contribution in [0.25, 0.3) is 0 Å². The highest BCUT2D eigenvalue weighted by Crippen LogP contribution is 2.31. The number of thiocarbonyl (C=S) groups is 1. The summed E-state index contributed by atoms with van der Waals surface area (Å²) in [5.74, 6) is -2.84. The standard InChI is InChI=1S/C21H24Cl2N2O9S/c1-9(26)30-8-15-17(31-10(2)27)18(32-11(3)28)19(33-12(4)29)20(34-15)25-21(35)24-14-7-5-6-13(22)16(14)23/h5-7,15,17-20H,8H2,1-4H3,(H2,24,25,35)/t15-,17-,18+,19-,20-/m1/s1. The zero-order valence-corrected chi connectivity index (χ0v) is 21.5. The molecule has 1 heterocycles. The van der Waals surface area contributed by atoms with Crippen molar-refractivity contribution in [2.24, 2.45) is 0 Å². The highest BCUT2D eigenvalue weighted by atomic mass is 35.5. The number of halogens is 2. The van der Waals surface area contributed by atoms with Crippen molar-refractivity contribution in [1.29, 1.82) is 0 Å². The average Bonchev–Trinajstić information content (AvgIpc) is 2.73. The molecule has 1 aromatic rings. The Morgan fingerprint density at radius 2 is 1.49 bits per heavy atom. The molecule has 1 aromatic carbocycles. The zero-order valence-electron chi connectivity index (χ0n) is 19.2. The van der Waals surface area contributed by atoms with Gasteiger partial charge in [-0.25, -0.2) is 0 Å². The lowest BCUT2D eigenvalue weighted by molar-refractivity contribution is -0.254. The second-order valence-corrected chi connectivity index (χ2v) is 8.51. The lowest BCUT2D eigenvalue weighted by Gasteiger charge is -2.44. The molecule has 1 aliphatic rings. The number of nitrogens with one attached hydrogen (secondary N) is 2. The van der Waals surface area contributed by atoms with Gasteiger partial charge in [0.1, 0.15) is 12.7 Å². The molecule has 11 nitrogen and oxygen atoms in total. The SMILES string of the molecule is CC(=O)OC[C@H]1O[C@@H](NC(=S)Nc2cccc(Cl)c2Cl)[C@H](OC(C)=O)[C@@H](OC(C)=O)[C@@H]1OC(C)=O. The van der Waals surface area contributed by atoms with Crippen LogP contribution in [0.4, 0.5) is 5.69 Å². The Morgan fingerprint density at radius 1 is 0.914 bits per heavy atom. The smallest absolute Gasteiger partial charge is 0.303 e. The summed E-state index contributed by atoms with van der Waals surface area (Å²) in [5, 5.41) is 6.13. The summed E-state index contributed by atoms with van der Waals surface area (Å²) < 4.78 is 27.0. The third-order valence-corrected chi connectivity index (χ3v) is 5.50. The van der Waals surface area contributed by atoms with Gasteiger partial charge in [-0.05, 0) is 24.4 Å². The molecule has 0 aromatic heterocycles. The molecule has 1 fully saturated rings. The number of esters is 4. The number of rotatable bonds is 7. The summed E-state index contributed by atoms with van der Waals surface area (Å²) in [6.45, 7) is 4.21. The molecule has 1 aliphatic heterocycles. The summed E-state index contributed by atoms with van der Waals surface area (Å²) in [7, 11) is 0. The Morgan fingerprint density at radius 3 is 2.06 bits per heavy atom. The first kappa shape index (κ1) is 28.6. The third kappa shape index (κ3) is 8.49. The minimum Gasteiger partial charge on any atom is -0.463 e. The van der Waals surface area contributed by atoms with Gasteiger partial charge in [0.05, 0.1) is 15.7 Å². The molecule has 2 N–H and O–H groups in total. The summed E-state index contributed by atoms with van der Waals surface area (Å²) in [4.78, 5) is 46.9. The molecule has 0 spiro atoms. The van der Waals surface area contributed by atoms with Crippen LogP contribution in [-0.2, 0) is 42.9 Å². The van der Waals surface area contributed by atoms with Crippen LogP contribution in [0.15, 0.2) is 18.2 Å². The van der Waals surface area contributed by atoms with Crippen LogP contribution < -0.4 is 10.6 Å². The fourth-order valence-corrected chi connectivity index (χ4v) is 3.81. The highest BCUT2D eigenvalue weighted by molar-refractivity contribution is 7.80. The van der Waals surface area contributed by atoms with Gasteiger partial charge in [-0.15, -0.1) is 0 Å². The zero-order chi connectivity index (χ0) is 26.3. The summed E-state index contributed by atoms with van der Waals surface area (Å²) in [5.41, 5.74) is 0.377. The van der Waals surface area contributed by atoms with Gasteiger partial charge in [-0.3, -0.25) is 19.2 Å². The molecule has 2 rings (SSSR count). The molecule has 1 saturated heterocycles. The van der Waals surface area contributed by atoms with Crippen molar-refractivity contribution >= 4 is 70.1 Å². The first-order valence-corrected chi connectivity index (χ1v) is 11.4. The van der Waals surface area contributed by atoms with E-state index in [0.717, 1.165) is 20.8 Å². The van der Waals surface area contributed by atoms with Gasteiger partial charge in [-0.1, -0.05) is 29.3 Å². The van der Waals surface area contributed by atoms with Gasteiger partial charge in [0, 0.05) is 27.7 Å². The molecule has 0 amide bonds. The number of carbonyl (C=O) groups is 4.